The van der Waals surface area contributed by atoms with Gasteiger partial charge in [-0.3, -0.25) is 4.79 Å². The number of amides is 1. The van der Waals surface area contributed by atoms with Gasteiger partial charge >= 0.3 is 5.97 Å². The van der Waals surface area contributed by atoms with Crippen LogP contribution in [-0.4, -0.2) is 51.1 Å². The molecule has 0 saturated heterocycles. The van der Waals surface area contributed by atoms with Crippen molar-refractivity contribution in [3.63, 3.8) is 0 Å². The predicted molar refractivity (Wildman–Crippen MR) is 105 cm³/mol. The van der Waals surface area contributed by atoms with Gasteiger partial charge in [-0.15, -0.1) is 0 Å². The summed E-state index contributed by atoms with van der Waals surface area (Å²) in [7, 11) is 5.52. The van der Waals surface area contributed by atoms with Crippen LogP contribution in [0, 0.1) is 0 Å². The molecule has 144 valence electrons. The van der Waals surface area contributed by atoms with Gasteiger partial charge in [0.1, 0.15) is 5.75 Å². The van der Waals surface area contributed by atoms with Crippen molar-refractivity contribution in [1.82, 2.24) is 4.90 Å². The molecule has 0 aromatic heterocycles. The zero-order chi connectivity index (χ0) is 19.8. The van der Waals surface area contributed by atoms with Crippen LogP contribution in [0.4, 0.5) is 5.69 Å². The number of nitrogens with zero attached hydrogens (tertiary/aromatic N) is 2. The number of carbonyl (C=O) groups is 2. The summed E-state index contributed by atoms with van der Waals surface area (Å²) in [5, 5.41) is 0. The van der Waals surface area contributed by atoms with Crippen LogP contribution in [-0.2, 0) is 16.1 Å². The second kappa shape index (κ2) is 9.62. The third-order valence-electron chi connectivity index (χ3n) is 4.03. The fourth-order valence-corrected chi connectivity index (χ4v) is 2.44. The average Bonchev–Trinajstić information content (AvgIpc) is 2.67. The van der Waals surface area contributed by atoms with Gasteiger partial charge in [0.15, 0.2) is 6.61 Å². The summed E-state index contributed by atoms with van der Waals surface area (Å²) in [4.78, 5) is 27.8. The van der Waals surface area contributed by atoms with Crippen LogP contribution in [0.5, 0.6) is 5.75 Å². The average molecular weight is 370 g/mol. The van der Waals surface area contributed by atoms with E-state index in [1.165, 1.54) is 4.90 Å². The van der Waals surface area contributed by atoms with Gasteiger partial charge in [-0.1, -0.05) is 12.1 Å². The van der Waals surface area contributed by atoms with Crippen molar-refractivity contribution in [3.05, 3.63) is 59.7 Å². The molecule has 27 heavy (non-hydrogen) atoms. The molecule has 2 rings (SSSR count). The molecule has 2 aromatic rings. The van der Waals surface area contributed by atoms with Crippen molar-refractivity contribution in [2.75, 3.05) is 39.3 Å². The minimum absolute atomic E-state index is 0.262. The molecule has 6 nitrogen and oxygen atoms in total. The third kappa shape index (κ3) is 6.02. The number of benzene rings is 2. The second-order valence-corrected chi connectivity index (χ2v) is 6.34. The van der Waals surface area contributed by atoms with Gasteiger partial charge in [-0.25, -0.2) is 4.79 Å². The van der Waals surface area contributed by atoms with Gasteiger partial charge < -0.3 is 19.3 Å². The number of ether oxygens (including phenoxy) is 2. The molecule has 0 N–H and O–H groups in total. The first-order valence-electron chi connectivity index (χ1n) is 8.81. The number of hydrogen-bond acceptors (Lipinski definition) is 5. The molecular weight excluding hydrogens is 344 g/mol. The summed E-state index contributed by atoms with van der Waals surface area (Å²) in [6.45, 7) is 2.68. The molecule has 0 aliphatic carbocycles. The predicted octanol–water partition coefficient (Wildman–Crippen LogP) is 2.97. The molecule has 0 heterocycles. The molecule has 0 bridgehead atoms. The summed E-state index contributed by atoms with van der Waals surface area (Å²) in [5.41, 5.74) is 2.38. The number of rotatable bonds is 8. The van der Waals surface area contributed by atoms with Crippen LogP contribution in [0.15, 0.2) is 48.5 Å². The van der Waals surface area contributed by atoms with Gasteiger partial charge in [-0.2, -0.15) is 0 Å². The van der Waals surface area contributed by atoms with E-state index in [-0.39, 0.29) is 12.5 Å². The summed E-state index contributed by atoms with van der Waals surface area (Å²) >= 11 is 0. The minimum Gasteiger partial charge on any atom is -0.494 e. The van der Waals surface area contributed by atoms with Gasteiger partial charge in [0.2, 0.25) is 0 Å². The molecule has 0 unspecified atom stereocenters. The fraction of sp³-hybridized carbons (Fsp3) is 0.333. The molecular formula is C21H26N2O4. The van der Waals surface area contributed by atoms with Crippen molar-refractivity contribution in [2.24, 2.45) is 0 Å². The maximum absolute atomic E-state index is 12.2. The maximum atomic E-state index is 12.2. The topological polar surface area (TPSA) is 59.1 Å². The lowest BCUT2D eigenvalue weighted by Crippen LogP contribution is -2.30. The smallest absolute Gasteiger partial charge is 0.338 e. The van der Waals surface area contributed by atoms with Crippen LogP contribution in [0.3, 0.4) is 0 Å². The number of carbonyl (C=O) groups excluding carboxylic acids is 2. The van der Waals surface area contributed by atoms with Crippen LogP contribution >= 0.6 is 0 Å². The first kappa shape index (κ1) is 20.3. The summed E-state index contributed by atoms with van der Waals surface area (Å²) < 4.78 is 10.5. The number of likely N-dealkylation sites (N-methyl/N-ethyl adjacent to an activating group) is 1. The largest absolute Gasteiger partial charge is 0.494 e. The lowest BCUT2D eigenvalue weighted by molar-refractivity contribution is -0.133. The first-order chi connectivity index (χ1) is 12.9. The van der Waals surface area contributed by atoms with E-state index < -0.39 is 5.97 Å². The number of anilines is 1. The van der Waals surface area contributed by atoms with Crippen molar-refractivity contribution >= 4 is 17.6 Å². The highest BCUT2D eigenvalue weighted by molar-refractivity contribution is 5.91. The van der Waals surface area contributed by atoms with E-state index in [0.29, 0.717) is 18.7 Å². The number of esters is 1. The zero-order valence-corrected chi connectivity index (χ0v) is 16.3. The minimum atomic E-state index is -0.511. The molecule has 0 atom stereocenters. The van der Waals surface area contributed by atoms with E-state index in [1.54, 1.807) is 19.2 Å². The fourth-order valence-electron chi connectivity index (χ4n) is 2.44. The van der Waals surface area contributed by atoms with E-state index in [9.17, 15) is 9.59 Å². The molecule has 1 amide bonds. The van der Waals surface area contributed by atoms with Crippen molar-refractivity contribution in [2.45, 2.75) is 13.5 Å². The Labute approximate surface area is 160 Å². The molecule has 0 fully saturated rings. The Balaban J connectivity index is 1.84. The molecule has 0 radical (unpaired) electrons. The Bertz CT molecular complexity index is 755. The van der Waals surface area contributed by atoms with E-state index in [0.717, 1.165) is 17.0 Å². The molecule has 0 aliphatic rings. The van der Waals surface area contributed by atoms with Crippen LogP contribution in [0.2, 0.25) is 0 Å². The SMILES string of the molecule is CCOc1ccc(CN(C)C(=O)COC(=O)c2ccc(N(C)C)cc2)cc1. The van der Waals surface area contributed by atoms with Gasteiger partial charge in [0.05, 0.1) is 12.2 Å². The standard InChI is InChI=1S/C21H26N2O4/c1-5-26-19-12-6-16(7-13-19)14-23(4)20(24)15-27-21(25)17-8-10-18(11-9-17)22(2)3/h6-13H,5,14-15H2,1-4H3. The highest BCUT2D eigenvalue weighted by atomic mass is 16.5. The summed E-state index contributed by atoms with van der Waals surface area (Å²) in [5.74, 6) is 0.0229. The Hall–Kier alpha value is -3.02. The Morgan fingerprint density at radius 2 is 1.56 bits per heavy atom. The van der Waals surface area contributed by atoms with Gasteiger partial charge in [0, 0.05) is 33.4 Å². The number of hydrogen-bond donors (Lipinski definition) is 0. The quantitative estimate of drug-likeness (QED) is 0.669. The summed E-state index contributed by atoms with van der Waals surface area (Å²) in [6, 6.07) is 14.6. The Morgan fingerprint density at radius 1 is 0.926 bits per heavy atom. The van der Waals surface area contributed by atoms with E-state index in [2.05, 4.69) is 0 Å². The van der Waals surface area contributed by atoms with E-state index in [4.69, 9.17) is 9.47 Å². The molecule has 6 heteroatoms. The zero-order valence-electron chi connectivity index (χ0n) is 16.3. The molecule has 0 saturated carbocycles. The first-order valence-corrected chi connectivity index (χ1v) is 8.81. The maximum Gasteiger partial charge on any atom is 0.338 e. The Kier molecular flexibility index (Phi) is 7.23. The molecule has 0 spiro atoms. The van der Waals surface area contributed by atoms with E-state index >= 15 is 0 Å². The lowest BCUT2D eigenvalue weighted by atomic mass is 10.2. The van der Waals surface area contributed by atoms with E-state index in [1.807, 2.05) is 62.3 Å². The van der Waals surface area contributed by atoms with Crippen LogP contribution in [0.25, 0.3) is 0 Å². The highest BCUT2D eigenvalue weighted by Crippen LogP contribution is 2.14. The van der Waals surface area contributed by atoms with Crippen molar-refractivity contribution < 1.29 is 19.1 Å². The van der Waals surface area contributed by atoms with Crippen molar-refractivity contribution in [3.8, 4) is 5.75 Å². The van der Waals surface area contributed by atoms with Gasteiger partial charge in [0.25, 0.3) is 5.91 Å². The molecule has 2 aromatic carbocycles. The highest BCUT2D eigenvalue weighted by Gasteiger charge is 2.14. The van der Waals surface area contributed by atoms with Crippen LogP contribution < -0.4 is 9.64 Å². The second-order valence-electron chi connectivity index (χ2n) is 6.34. The normalized spacial score (nSPS) is 10.2. The van der Waals surface area contributed by atoms with Gasteiger partial charge in [-0.05, 0) is 48.9 Å². The lowest BCUT2D eigenvalue weighted by Gasteiger charge is -2.17. The third-order valence-corrected chi connectivity index (χ3v) is 4.03. The van der Waals surface area contributed by atoms with Crippen molar-refractivity contribution in [1.29, 1.82) is 0 Å². The molecule has 0 aliphatic heterocycles. The van der Waals surface area contributed by atoms with Crippen LogP contribution in [0.1, 0.15) is 22.8 Å². The summed E-state index contributed by atoms with van der Waals surface area (Å²) in [6.07, 6.45) is 0. The monoisotopic (exact) mass is 370 g/mol. The Morgan fingerprint density at radius 3 is 2.11 bits per heavy atom.